The van der Waals surface area contributed by atoms with Crippen molar-refractivity contribution in [2.24, 2.45) is 16.6 Å². The van der Waals surface area contributed by atoms with Crippen LogP contribution < -0.4 is 11.1 Å². The van der Waals surface area contributed by atoms with Gasteiger partial charge in [-0.05, 0) is 32.6 Å². The fraction of sp³-hybridized carbons (Fsp3) is 0.769. The van der Waals surface area contributed by atoms with Gasteiger partial charge in [-0.3, -0.25) is 4.99 Å². The largest absolute Gasteiger partial charge is 0.391 e. The lowest BCUT2D eigenvalue weighted by Crippen LogP contribution is -2.43. The van der Waals surface area contributed by atoms with Crippen molar-refractivity contribution in [2.75, 3.05) is 13.1 Å². The molecule has 7 heteroatoms. The van der Waals surface area contributed by atoms with Gasteiger partial charge in [-0.25, -0.2) is 0 Å². The highest BCUT2D eigenvalue weighted by Gasteiger charge is 2.46. The molecule has 1 rings (SSSR count). The van der Waals surface area contributed by atoms with E-state index in [9.17, 15) is 18.3 Å². The molecule has 4 nitrogen and oxygen atoms in total. The highest BCUT2D eigenvalue weighted by molar-refractivity contribution is 5.78. The van der Waals surface area contributed by atoms with Gasteiger partial charge in [-0.1, -0.05) is 12.2 Å². The number of nitrogens with two attached hydrogens (primary N) is 1. The normalized spacial score (nSPS) is 28.2. The molecule has 116 valence electrons. The summed E-state index contributed by atoms with van der Waals surface area (Å²) in [4.78, 5) is 3.93. The smallest absolute Gasteiger partial charge is 0.388 e. The average Bonchev–Trinajstić information content (AvgIpc) is 2.33. The molecule has 0 aromatic rings. The number of guanidine groups is 1. The number of aliphatic imine (C=N–C) groups is 1. The minimum Gasteiger partial charge on any atom is -0.388 e. The molecule has 0 aromatic heterocycles. The van der Waals surface area contributed by atoms with Crippen molar-refractivity contribution < 1.29 is 18.3 Å². The third-order valence-electron chi connectivity index (χ3n) is 3.40. The molecule has 4 N–H and O–H groups in total. The van der Waals surface area contributed by atoms with E-state index in [1.807, 2.05) is 6.92 Å². The summed E-state index contributed by atoms with van der Waals surface area (Å²) in [5, 5.41) is 13.0. The van der Waals surface area contributed by atoms with E-state index in [0.717, 1.165) is 5.57 Å². The Kier molecular flexibility index (Phi) is 5.44. The van der Waals surface area contributed by atoms with Crippen LogP contribution in [0.4, 0.5) is 13.2 Å². The number of alkyl halides is 3. The Morgan fingerprint density at radius 1 is 1.55 bits per heavy atom. The van der Waals surface area contributed by atoms with Crippen LogP contribution in [0.25, 0.3) is 0 Å². The molecular weight excluding hydrogens is 271 g/mol. The van der Waals surface area contributed by atoms with Gasteiger partial charge in [0.25, 0.3) is 0 Å². The van der Waals surface area contributed by atoms with Crippen LogP contribution >= 0.6 is 0 Å². The van der Waals surface area contributed by atoms with Crippen LogP contribution in [0.2, 0.25) is 0 Å². The van der Waals surface area contributed by atoms with E-state index in [1.165, 1.54) is 0 Å². The number of nitrogens with one attached hydrogen (secondary N) is 1. The monoisotopic (exact) mass is 293 g/mol. The Hall–Kier alpha value is -1.24. The first-order chi connectivity index (χ1) is 9.12. The van der Waals surface area contributed by atoms with Crippen LogP contribution in [0.5, 0.6) is 0 Å². The minimum absolute atomic E-state index is 0.0684. The van der Waals surface area contributed by atoms with Crippen molar-refractivity contribution in [3.05, 3.63) is 12.2 Å². The zero-order valence-corrected chi connectivity index (χ0v) is 11.6. The summed E-state index contributed by atoms with van der Waals surface area (Å²) in [6.45, 7) is 5.82. The Labute approximate surface area is 116 Å². The van der Waals surface area contributed by atoms with E-state index in [1.54, 1.807) is 0 Å². The molecule has 0 saturated heterocycles. The standard InChI is InChI=1S/C13H22F3N3O/c1-9(2)7-18-11(17)19-8-12(20)5-3-4-10(6-12)13(14,15)16/h10,20H,1,3-8H2,2H3,(H3,17,18,19). The van der Waals surface area contributed by atoms with Gasteiger partial charge in [0.15, 0.2) is 5.96 Å². The number of aliphatic hydroxyl groups is 1. The van der Waals surface area contributed by atoms with Crippen LogP contribution in [0.15, 0.2) is 17.1 Å². The summed E-state index contributed by atoms with van der Waals surface area (Å²) in [6, 6.07) is 0. The maximum Gasteiger partial charge on any atom is 0.391 e. The summed E-state index contributed by atoms with van der Waals surface area (Å²) < 4.78 is 38.1. The fourth-order valence-corrected chi connectivity index (χ4v) is 2.29. The first-order valence-electron chi connectivity index (χ1n) is 6.60. The third-order valence-corrected chi connectivity index (χ3v) is 3.40. The van der Waals surface area contributed by atoms with Crippen molar-refractivity contribution in [1.82, 2.24) is 5.32 Å². The van der Waals surface area contributed by atoms with Crippen LogP contribution in [0, 0.1) is 5.92 Å². The molecule has 0 aliphatic heterocycles. The van der Waals surface area contributed by atoms with Crippen molar-refractivity contribution >= 4 is 5.96 Å². The predicted molar refractivity (Wildman–Crippen MR) is 72.3 cm³/mol. The topological polar surface area (TPSA) is 70.6 Å². The quantitative estimate of drug-likeness (QED) is 0.421. The molecule has 0 bridgehead atoms. The van der Waals surface area contributed by atoms with Gasteiger partial charge in [0, 0.05) is 6.54 Å². The van der Waals surface area contributed by atoms with Crippen LogP contribution in [0.1, 0.15) is 32.6 Å². The second kappa shape index (κ2) is 6.47. The predicted octanol–water partition coefficient (Wildman–Crippen LogP) is 1.95. The molecule has 1 aliphatic rings. The lowest BCUT2D eigenvalue weighted by molar-refractivity contribution is -0.199. The van der Waals surface area contributed by atoms with Crippen molar-refractivity contribution in [2.45, 2.75) is 44.4 Å². The summed E-state index contributed by atoms with van der Waals surface area (Å²) in [6.07, 6.45) is -3.85. The molecule has 2 atom stereocenters. The van der Waals surface area contributed by atoms with Gasteiger partial charge in [-0.15, -0.1) is 0 Å². The Morgan fingerprint density at radius 3 is 2.75 bits per heavy atom. The van der Waals surface area contributed by atoms with E-state index in [-0.39, 0.29) is 25.3 Å². The summed E-state index contributed by atoms with van der Waals surface area (Å²) >= 11 is 0. The van der Waals surface area contributed by atoms with Gasteiger partial charge < -0.3 is 16.2 Å². The zero-order valence-electron chi connectivity index (χ0n) is 11.6. The SMILES string of the molecule is C=C(C)CNC(N)=NCC1(O)CCCC(C(F)(F)F)C1. The van der Waals surface area contributed by atoms with Crippen LogP contribution in [0.3, 0.4) is 0 Å². The number of rotatable bonds is 4. The first-order valence-corrected chi connectivity index (χ1v) is 6.60. The molecule has 1 fully saturated rings. The first kappa shape index (κ1) is 16.8. The highest BCUT2D eigenvalue weighted by Crippen LogP contribution is 2.41. The van der Waals surface area contributed by atoms with Crippen molar-refractivity contribution in [1.29, 1.82) is 0 Å². The van der Waals surface area contributed by atoms with Crippen LogP contribution in [-0.4, -0.2) is 35.9 Å². The fourth-order valence-electron chi connectivity index (χ4n) is 2.29. The van der Waals surface area contributed by atoms with E-state index in [0.29, 0.717) is 19.4 Å². The molecular formula is C13H22F3N3O. The lowest BCUT2D eigenvalue weighted by atomic mass is 9.78. The second-order valence-electron chi connectivity index (χ2n) is 5.57. The molecule has 0 radical (unpaired) electrons. The molecule has 1 aliphatic carbocycles. The zero-order chi connectivity index (χ0) is 15.4. The van der Waals surface area contributed by atoms with Gasteiger partial charge in [0.1, 0.15) is 0 Å². The number of hydrogen-bond donors (Lipinski definition) is 3. The van der Waals surface area contributed by atoms with E-state index < -0.39 is 17.7 Å². The summed E-state index contributed by atoms with van der Waals surface area (Å²) in [5.41, 5.74) is 5.02. The van der Waals surface area contributed by atoms with E-state index in [2.05, 4.69) is 16.9 Å². The molecule has 0 amide bonds. The lowest BCUT2D eigenvalue weighted by Gasteiger charge is -2.36. The Morgan fingerprint density at radius 2 is 2.20 bits per heavy atom. The molecule has 0 spiro atoms. The average molecular weight is 293 g/mol. The molecule has 0 aromatic carbocycles. The number of hydrogen-bond acceptors (Lipinski definition) is 2. The number of nitrogens with zero attached hydrogens (tertiary/aromatic N) is 1. The van der Waals surface area contributed by atoms with Gasteiger partial charge >= 0.3 is 6.18 Å². The van der Waals surface area contributed by atoms with Crippen LogP contribution in [-0.2, 0) is 0 Å². The van der Waals surface area contributed by atoms with Gasteiger partial charge in [-0.2, -0.15) is 13.2 Å². The summed E-state index contributed by atoms with van der Waals surface area (Å²) in [7, 11) is 0. The van der Waals surface area contributed by atoms with Crippen molar-refractivity contribution in [3.63, 3.8) is 0 Å². The highest BCUT2D eigenvalue weighted by atomic mass is 19.4. The summed E-state index contributed by atoms with van der Waals surface area (Å²) in [5.74, 6) is -1.35. The van der Waals surface area contributed by atoms with Gasteiger partial charge in [0.05, 0.1) is 18.1 Å². The Bertz CT molecular complexity index is 382. The molecule has 2 unspecified atom stereocenters. The minimum atomic E-state index is -4.26. The second-order valence-corrected chi connectivity index (χ2v) is 5.57. The van der Waals surface area contributed by atoms with E-state index >= 15 is 0 Å². The molecule has 20 heavy (non-hydrogen) atoms. The number of halogens is 3. The molecule has 0 heterocycles. The maximum atomic E-state index is 12.7. The van der Waals surface area contributed by atoms with Crippen molar-refractivity contribution in [3.8, 4) is 0 Å². The van der Waals surface area contributed by atoms with E-state index in [4.69, 9.17) is 5.73 Å². The maximum absolute atomic E-state index is 12.7. The Balaban J connectivity index is 2.56. The third kappa shape index (κ3) is 5.40. The molecule has 1 saturated carbocycles. The van der Waals surface area contributed by atoms with Gasteiger partial charge in [0.2, 0.25) is 0 Å².